The first-order valence-corrected chi connectivity index (χ1v) is 9.23. The molecule has 0 atom stereocenters. The highest BCUT2D eigenvalue weighted by atomic mass is 16.5. The molecule has 29 heavy (non-hydrogen) atoms. The van der Waals surface area contributed by atoms with Crippen molar-refractivity contribution in [2.45, 2.75) is 38.8 Å². The van der Waals surface area contributed by atoms with Crippen LogP contribution in [0.25, 0.3) is 12.2 Å². The normalized spacial score (nSPS) is 18.0. The van der Waals surface area contributed by atoms with E-state index in [2.05, 4.69) is 0 Å². The van der Waals surface area contributed by atoms with Crippen LogP contribution >= 0.6 is 0 Å². The van der Waals surface area contributed by atoms with E-state index >= 15 is 0 Å². The SMILES string of the molecule is CC1(C)C=C(C(=O)Oc2ccc(/C=C/c3cc(O)cc(O)c3)cc2)C(C)(C)N1[O]. The molecule has 0 spiro atoms. The molecule has 3 rings (SSSR count). The number of aromatic hydroxyl groups is 2. The number of phenolic OH excluding ortho intramolecular Hbond substituents is 2. The van der Waals surface area contributed by atoms with Gasteiger partial charge in [0, 0.05) is 6.07 Å². The molecule has 0 unspecified atom stereocenters. The lowest BCUT2D eigenvalue weighted by Crippen LogP contribution is -2.47. The van der Waals surface area contributed by atoms with Gasteiger partial charge in [0.25, 0.3) is 0 Å². The van der Waals surface area contributed by atoms with Gasteiger partial charge in [-0.05, 0) is 69.2 Å². The number of rotatable bonds is 4. The Bertz CT molecular complexity index is 967. The molecule has 0 saturated carbocycles. The zero-order valence-corrected chi connectivity index (χ0v) is 16.8. The van der Waals surface area contributed by atoms with E-state index in [4.69, 9.17) is 4.74 Å². The van der Waals surface area contributed by atoms with Gasteiger partial charge in [-0.25, -0.2) is 4.79 Å². The number of carbonyl (C=O) groups excluding carboxylic acids is 1. The van der Waals surface area contributed by atoms with Crippen molar-refractivity contribution in [1.29, 1.82) is 0 Å². The standard InChI is InChI=1S/C23H24NO5/c1-22(2)14-20(23(3,4)24(22)28)21(27)29-19-9-7-15(8-10-19)5-6-16-11-17(25)13-18(26)12-16/h5-14,25-26H,1-4H3/b6-5+. The van der Waals surface area contributed by atoms with Crippen LogP contribution in [0, 0.1) is 0 Å². The van der Waals surface area contributed by atoms with Crippen molar-refractivity contribution >= 4 is 18.1 Å². The molecule has 0 fully saturated rings. The number of benzene rings is 2. The molecule has 0 aliphatic carbocycles. The highest BCUT2D eigenvalue weighted by Gasteiger charge is 2.49. The lowest BCUT2D eigenvalue weighted by molar-refractivity contribution is -0.238. The third-order valence-corrected chi connectivity index (χ3v) is 4.89. The lowest BCUT2D eigenvalue weighted by Gasteiger charge is -2.33. The van der Waals surface area contributed by atoms with Gasteiger partial charge < -0.3 is 14.9 Å². The predicted octanol–water partition coefficient (Wildman–Crippen LogP) is 4.32. The molecule has 6 heteroatoms. The number of carbonyl (C=O) groups is 1. The van der Waals surface area contributed by atoms with Gasteiger partial charge in [-0.1, -0.05) is 24.3 Å². The molecule has 1 aliphatic heterocycles. The first-order chi connectivity index (χ1) is 13.5. The van der Waals surface area contributed by atoms with Crippen molar-refractivity contribution in [3.63, 3.8) is 0 Å². The molecule has 1 aliphatic rings. The van der Waals surface area contributed by atoms with E-state index in [1.54, 1.807) is 70.2 Å². The van der Waals surface area contributed by atoms with Gasteiger partial charge in [0.2, 0.25) is 0 Å². The summed E-state index contributed by atoms with van der Waals surface area (Å²) in [5, 5.41) is 32.4. The zero-order valence-electron chi connectivity index (χ0n) is 16.8. The fraction of sp³-hybridized carbons (Fsp3) is 0.261. The average molecular weight is 394 g/mol. The van der Waals surface area contributed by atoms with Crippen molar-refractivity contribution in [2.75, 3.05) is 0 Å². The average Bonchev–Trinajstić information content (AvgIpc) is 2.80. The zero-order chi connectivity index (χ0) is 21.4. The molecule has 1 radical (unpaired) electrons. The minimum absolute atomic E-state index is 0.0177. The second-order valence-electron chi connectivity index (χ2n) is 8.14. The van der Waals surface area contributed by atoms with Crippen molar-refractivity contribution in [3.8, 4) is 17.2 Å². The van der Waals surface area contributed by atoms with Gasteiger partial charge in [-0.15, -0.1) is 10.3 Å². The minimum Gasteiger partial charge on any atom is -0.508 e. The molecule has 0 saturated heterocycles. The smallest absolute Gasteiger partial charge is 0.341 e. The second-order valence-corrected chi connectivity index (χ2v) is 8.14. The van der Waals surface area contributed by atoms with Crippen molar-refractivity contribution < 1.29 is 25.0 Å². The summed E-state index contributed by atoms with van der Waals surface area (Å²) >= 11 is 0. The summed E-state index contributed by atoms with van der Waals surface area (Å²) in [6, 6.07) is 11.2. The third kappa shape index (κ3) is 4.34. The van der Waals surface area contributed by atoms with Crippen molar-refractivity contribution in [1.82, 2.24) is 5.06 Å². The highest BCUT2D eigenvalue weighted by molar-refractivity contribution is 5.93. The number of phenols is 2. The van der Waals surface area contributed by atoms with Crippen LogP contribution in [0.2, 0.25) is 0 Å². The largest absolute Gasteiger partial charge is 0.508 e. The molecule has 0 amide bonds. The first kappa shape index (κ1) is 20.6. The number of hydrogen-bond donors (Lipinski definition) is 2. The molecule has 1 heterocycles. The number of hydrogen-bond acceptors (Lipinski definition) is 5. The summed E-state index contributed by atoms with van der Waals surface area (Å²) in [6.45, 7) is 6.93. The van der Waals surface area contributed by atoms with Crippen LogP contribution in [-0.4, -0.2) is 32.3 Å². The van der Waals surface area contributed by atoms with E-state index in [1.807, 2.05) is 0 Å². The van der Waals surface area contributed by atoms with E-state index < -0.39 is 17.0 Å². The van der Waals surface area contributed by atoms with E-state index in [0.29, 0.717) is 16.9 Å². The predicted molar refractivity (Wildman–Crippen MR) is 110 cm³/mol. The number of esters is 1. The molecule has 151 valence electrons. The van der Waals surface area contributed by atoms with Gasteiger partial charge in [0.15, 0.2) is 0 Å². The Morgan fingerprint density at radius 3 is 2.00 bits per heavy atom. The van der Waals surface area contributed by atoms with Gasteiger partial charge in [-0.2, -0.15) is 0 Å². The van der Waals surface area contributed by atoms with Crippen molar-refractivity contribution in [2.24, 2.45) is 0 Å². The quantitative estimate of drug-likeness (QED) is 0.458. The summed E-state index contributed by atoms with van der Waals surface area (Å²) in [6.07, 6.45) is 5.21. The fourth-order valence-corrected chi connectivity index (χ4v) is 3.44. The maximum atomic E-state index is 12.6. The van der Waals surface area contributed by atoms with Crippen molar-refractivity contribution in [3.05, 3.63) is 65.2 Å². The van der Waals surface area contributed by atoms with Gasteiger partial charge >= 0.3 is 5.97 Å². The Hall–Kier alpha value is -3.09. The van der Waals surface area contributed by atoms with E-state index in [1.165, 1.54) is 18.2 Å². The van der Waals surface area contributed by atoms with Crippen LogP contribution in [0.15, 0.2) is 54.1 Å². The van der Waals surface area contributed by atoms with Crippen LogP contribution in [-0.2, 0) is 10.0 Å². The van der Waals surface area contributed by atoms with Crippen LogP contribution < -0.4 is 4.74 Å². The highest BCUT2D eigenvalue weighted by Crippen LogP contribution is 2.39. The lowest BCUT2D eigenvalue weighted by atomic mass is 9.97. The van der Waals surface area contributed by atoms with Gasteiger partial charge in [0.1, 0.15) is 17.2 Å². The van der Waals surface area contributed by atoms with Gasteiger partial charge in [-0.3, -0.25) is 0 Å². The monoisotopic (exact) mass is 394 g/mol. The van der Waals surface area contributed by atoms with E-state index in [9.17, 15) is 20.2 Å². The molecule has 2 aromatic rings. The summed E-state index contributed by atoms with van der Waals surface area (Å²) in [5.41, 5.74) is 0.103. The molecule has 0 aromatic heterocycles. The maximum absolute atomic E-state index is 12.6. The minimum atomic E-state index is -0.962. The summed E-state index contributed by atoms with van der Waals surface area (Å²) in [4.78, 5) is 12.6. The molecule has 6 nitrogen and oxygen atoms in total. The number of nitrogens with zero attached hydrogens (tertiary/aromatic N) is 1. The summed E-state index contributed by atoms with van der Waals surface area (Å²) in [5.74, 6) is -0.201. The Morgan fingerprint density at radius 2 is 1.48 bits per heavy atom. The molecule has 2 aromatic carbocycles. The second kappa shape index (κ2) is 7.39. The Balaban J connectivity index is 1.71. The Morgan fingerprint density at radius 1 is 0.931 bits per heavy atom. The van der Waals surface area contributed by atoms with Gasteiger partial charge in [0.05, 0.1) is 16.7 Å². The van der Waals surface area contributed by atoms with Crippen LogP contribution in [0.3, 0.4) is 0 Å². The van der Waals surface area contributed by atoms with Crippen LogP contribution in [0.5, 0.6) is 17.2 Å². The first-order valence-electron chi connectivity index (χ1n) is 9.23. The number of hydroxylamine groups is 2. The molecular weight excluding hydrogens is 370 g/mol. The Kier molecular flexibility index (Phi) is 5.26. The van der Waals surface area contributed by atoms with Crippen LogP contribution in [0.1, 0.15) is 38.8 Å². The molecule has 2 N–H and O–H groups in total. The maximum Gasteiger partial charge on any atom is 0.341 e. The number of ether oxygens (including phenoxy) is 1. The summed E-state index contributed by atoms with van der Waals surface area (Å²) in [7, 11) is 0. The molecule has 0 bridgehead atoms. The van der Waals surface area contributed by atoms with E-state index in [-0.39, 0.29) is 11.5 Å². The van der Waals surface area contributed by atoms with E-state index in [0.717, 1.165) is 10.6 Å². The Labute approximate surface area is 169 Å². The molecular formula is C23H24NO5. The topological polar surface area (TPSA) is 89.9 Å². The fourth-order valence-electron chi connectivity index (χ4n) is 3.44. The van der Waals surface area contributed by atoms with Crippen LogP contribution in [0.4, 0.5) is 0 Å². The summed E-state index contributed by atoms with van der Waals surface area (Å²) < 4.78 is 5.46. The third-order valence-electron chi connectivity index (χ3n) is 4.89.